The summed E-state index contributed by atoms with van der Waals surface area (Å²) >= 11 is 0. The van der Waals surface area contributed by atoms with Crippen LogP contribution in [0.2, 0.25) is 0 Å². The van der Waals surface area contributed by atoms with Crippen LogP contribution in [0.5, 0.6) is 0 Å². The van der Waals surface area contributed by atoms with Gasteiger partial charge in [-0.2, -0.15) is 0 Å². The molecular formula is C10H18F2N2. The molecule has 4 heteroatoms. The van der Waals surface area contributed by atoms with Gasteiger partial charge in [-0.05, 0) is 38.3 Å². The van der Waals surface area contributed by atoms with E-state index in [-0.39, 0.29) is 13.1 Å². The van der Waals surface area contributed by atoms with Gasteiger partial charge in [-0.3, -0.25) is 4.90 Å². The molecule has 0 aromatic rings. The average Bonchev–Trinajstić information content (AvgIpc) is 2.80. The van der Waals surface area contributed by atoms with Gasteiger partial charge >= 0.3 is 0 Å². The van der Waals surface area contributed by atoms with Crippen molar-refractivity contribution in [3.05, 3.63) is 0 Å². The summed E-state index contributed by atoms with van der Waals surface area (Å²) in [6.45, 7) is 1.47. The third kappa shape index (κ3) is 2.42. The Hall–Kier alpha value is -0.220. The van der Waals surface area contributed by atoms with E-state index in [0.717, 1.165) is 31.3 Å². The molecule has 2 rings (SSSR count). The molecule has 2 fully saturated rings. The maximum Gasteiger partial charge on any atom is 0.272 e. The smallest absolute Gasteiger partial charge is 0.272 e. The maximum atomic E-state index is 13.2. The quantitative estimate of drug-likeness (QED) is 0.740. The predicted molar refractivity (Wildman–Crippen MR) is 51.5 cm³/mol. The fourth-order valence-electron chi connectivity index (χ4n) is 2.44. The molecule has 1 saturated heterocycles. The number of rotatable bonds is 4. The molecule has 0 radical (unpaired) electrons. The first kappa shape index (κ1) is 10.3. The minimum atomic E-state index is -2.57. The number of fused-ring (bicyclic) bond motifs is 1. The van der Waals surface area contributed by atoms with Crippen molar-refractivity contribution in [2.24, 2.45) is 11.8 Å². The zero-order valence-electron chi connectivity index (χ0n) is 8.60. The number of nitrogens with one attached hydrogen (secondary N) is 1. The van der Waals surface area contributed by atoms with Gasteiger partial charge in [-0.25, -0.2) is 8.78 Å². The normalized spacial score (nSPS) is 32.8. The third-order valence-corrected chi connectivity index (χ3v) is 3.27. The van der Waals surface area contributed by atoms with Crippen molar-refractivity contribution < 1.29 is 8.78 Å². The van der Waals surface area contributed by atoms with Crippen molar-refractivity contribution in [1.29, 1.82) is 0 Å². The summed E-state index contributed by atoms with van der Waals surface area (Å²) in [5, 5.41) is 2.54. The van der Waals surface area contributed by atoms with Gasteiger partial charge in [-0.1, -0.05) is 0 Å². The summed E-state index contributed by atoms with van der Waals surface area (Å²) in [5.74, 6) is -0.977. The van der Waals surface area contributed by atoms with Gasteiger partial charge in [0.25, 0.3) is 5.92 Å². The van der Waals surface area contributed by atoms with Crippen LogP contribution >= 0.6 is 0 Å². The van der Waals surface area contributed by atoms with E-state index >= 15 is 0 Å². The molecule has 2 nitrogen and oxygen atoms in total. The first-order valence-electron chi connectivity index (χ1n) is 5.35. The fourth-order valence-corrected chi connectivity index (χ4v) is 2.44. The lowest BCUT2D eigenvalue weighted by Crippen LogP contribution is -2.45. The number of alkyl halides is 2. The number of halogens is 2. The SMILES string of the molecule is CNCC(F)(F)CN1CCC2CC2C1. The van der Waals surface area contributed by atoms with Gasteiger partial charge < -0.3 is 5.32 Å². The van der Waals surface area contributed by atoms with E-state index in [1.165, 1.54) is 6.42 Å². The van der Waals surface area contributed by atoms with Crippen molar-refractivity contribution in [1.82, 2.24) is 10.2 Å². The van der Waals surface area contributed by atoms with Crippen LogP contribution in [0.4, 0.5) is 8.78 Å². The molecule has 0 amide bonds. The maximum absolute atomic E-state index is 13.2. The van der Waals surface area contributed by atoms with Crippen LogP contribution in [-0.4, -0.2) is 44.0 Å². The van der Waals surface area contributed by atoms with E-state index in [0.29, 0.717) is 0 Å². The molecule has 2 unspecified atom stereocenters. The summed E-state index contributed by atoms with van der Waals surface area (Å²) in [7, 11) is 1.57. The number of piperidine rings is 1. The second-order valence-corrected chi connectivity index (χ2v) is 4.67. The van der Waals surface area contributed by atoms with Crippen LogP contribution in [-0.2, 0) is 0 Å². The second-order valence-electron chi connectivity index (χ2n) is 4.67. The summed E-state index contributed by atoms with van der Waals surface area (Å²) in [6, 6.07) is 0. The lowest BCUT2D eigenvalue weighted by Gasteiger charge is -2.29. The number of hydrogen-bond donors (Lipinski definition) is 1. The van der Waals surface area contributed by atoms with Gasteiger partial charge in [0.05, 0.1) is 13.1 Å². The van der Waals surface area contributed by atoms with E-state index in [4.69, 9.17) is 0 Å². The standard InChI is InChI=1S/C10H18F2N2/c1-13-6-10(11,12)7-14-3-2-8-4-9(8)5-14/h8-9,13H,2-7H2,1H3. The summed E-state index contributed by atoms with van der Waals surface area (Å²) < 4.78 is 26.5. The minimum Gasteiger partial charge on any atom is -0.314 e. The van der Waals surface area contributed by atoms with Crippen LogP contribution in [0.1, 0.15) is 12.8 Å². The van der Waals surface area contributed by atoms with Gasteiger partial charge in [0.15, 0.2) is 0 Å². The molecule has 1 N–H and O–H groups in total. The van der Waals surface area contributed by atoms with E-state index in [9.17, 15) is 8.78 Å². The number of likely N-dealkylation sites (tertiary alicyclic amines) is 1. The van der Waals surface area contributed by atoms with Crippen molar-refractivity contribution >= 4 is 0 Å². The Labute approximate surface area is 83.7 Å². The van der Waals surface area contributed by atoms with Gasteiger partial charge in [0.1, 0.15) is 0 Å². The minimum absolute atomic E-state index is 0.0724. The molecule has 0 aromatic carbocycles. The molecule has 82 valence electrons. The van der Waals surface area contributed by atoms with E-state index in [1.54, 1.807) is 7.05 Å². The Balaban J connectivity index is 1.78. The molecule has 1 saturated carbocycles. The molecule has 1 heterocycles. The fraction of sp³-hybridized carbons (Fsp3) is 1.00. The molecule has 1 aliphatic heterocycles. The zero-order chi connectivity index (χ0) is 10.2. The Morgan fingerprint density at radius 3 is 2.86 bits per heavy atom. The van der Waals surface area contributed by atoms with Crippen LogP contribution in [0.3, 0.4) is 0 Å². The van der Waals surface area contributed by atoms with Crippen LogP contribution in [0.15, 0.2) is 0 Å². The zero-order valence-corrected chi connectivity index (χ0v) is 8.60. The molecule has 1 aliphatic carbocycles. The average molecular weight is 204 g/mol. The van der Waals surface area contributed by atoms with Crippen molar-refractivity contribution in [2.45, 2.75) is 18.8 Å². The van der Waals surface area contributed by atoms with Crippen LogP contribution in [0, 0.1) is 11.8 Å². The largest absolute Gasteiger partial charge is 0.314 e. The Kier molecular flexibility index (Phi) is 2.75. The topological polar surface area (TPSA) is 15.3 Å². The van der Waals surface area contributed by atoms with Crippen molar-refractivity contribution in [3.63, 3.8) is 0 Å². The highest BCUT2D eigenvalue weighted by atomic mass is 19.3. The molecule has 14 heavy (non-hydrogen) atoms. The molecule has 2 aliphatic rings. The summed E-state index contributed by atoms with van der Waals surface area (Å²) in [4.78, 5) is 1.92. The molecule has 0 spiro atoms. The number of nitrogens with zero attached hydrogens (tertiary/aromatic N) is 1. The lowest BCUT2D eigenvalue weighted by molar-refractivity contribution is -0.0337. The van der Waals surface area contributed by atoms with Crippen molar-refractivity contribution in [3.8, 4) is 0 Å². The van der Waals surface area contributed by atoms with Gasteiger partial charge in [0, 0.05) is 6.54 Å². The van der Waals surface area contributed by atoms with Gasteiger partial charge in [-0.15, -0.1) is 0 Å². The monoisotopic (exact) mass is 204 g/mol. The molecular weight excluding hydrogens is 186 g/mol. The summed E-state index contributed by atoms with van der Waals surface area (Å²) in [5.41, 5.74) is 0. The van der Waals surface area contributed by atoms with Crippen LogP contribution < -0.4 is 5.32 Å². The Bertz CT molecular complexity index is 208. The summed E-state index contributed by atoms with van der Waals surface area (Å²) in [6.07, 6.45) is 2.40. The third-order valence-electron chi connectivity index (χ3n) is 3.27. The van der Waals surface area contributed by atoms with Crippen molar-refractivity contribution in [2.75, 3.05) is 33.2 Å². The number of hydrogen-bond acceptors (Lipinski definition) is 2. The molecule has 2 atom stereocenters. The Morgan fingerprint density at radius 1 is 1.43 bits per heavy atom. The molecule has 0 bridgehead atoms. The molecule has 0 aromatic heterocycles. The highest BCUT2D eigenvalue weighted by molar-refractivity contribution is 4.94. The van der Waals surface area contributed by atoms with E-state index in [1.807, 2.05) is 4.90 Å². The predicted octanol–water partition coefficient (Wildman–Crippen LogP) is 1.18. The Morgan fingerprint density at radius 2 is 2.21 bits per heavy atom. The van der Waals surface area contributed by atoms with E-state index in [2.05, 4.69) is 5.32 Å². The first-order valence-corrected chi connectivity index (χ1v) is 5.35. The van der Waals surface area contributed by atoms with E-state index < -0.39 is 5.92 Å². The highest BCUT2D eigenvalue weighted by Gasteiger charge is 2.43. The second kappa shape index (κ2) is 3.74. The first-order chi connectivity index (χ1) is 6.61. The van der Waals surface area contributed by atoms with Crippen LogP contribution in [0.25, 0.3) is 0 Å². The van der Waals surface area contributed by atoms with Gasteiger partial charge in [0.2, 0.25) is 0 Å². The lowest BCUT2D eigenvalue weighted by atomic mass is 10.1. The highest BCUT2D eigenvalue weighted by Crippen LogP contribution is 2.45.